The number of halogens is 1. The number of sulfone groups is 1. The first kappa shape index (κ1) is 18.5. The van der Waals surface area contributed by atoms with Crippen molar-refractivity contribution >= 4 is 37.3 Å². The fourth-order valence-corrected chi connectivity index (χ4v) is 4.91. The zero-order valence-corrected chi connectivity index (χ0v) is 15.7. The fourth-order valence-electron chi connectivity index (χ4n) is 2.52. The standard InChI is InChI=1S/C18H17FN2O3S2/c1-21-15-8-7-14(19)11-16(15)25-18(21)20-17(22)9-10-26(23,24)12-13-5-3-2-4-6-13/h2-8,11H,9-10,12H2,1H3. The monoisotopic (exact) mass is 392 g/mol. The topological polar surface area (TPSA) is 68.5 Å². The van der Waals surface area contributed by atoms with Crippen LogP contribution >= 0.6 is 11.3 Å². The quantitative estimate of drug-likeness (QED) is 0.670. The molecular formula is C18H17FN2O3S2. The van der Waals surface area contributed by atoms with E-state index in [0.717, 1.165) is 5.52 Å². The number of rotatable bonds is 5. The van der Waals surface area contributed by atoms with Crippen molar-refractivity contribution in [1.29, 1.82) is 0 Å². The Bertz CT molecular complexity index is 1120. The molecule has 5 nitrogen and oxygen atoms in total. The van der Waals surface area contributed by atoms with Crippen LogP contribution in [0, 0.1) is 5.82 Å². The number of carbonyl (C=O) groups excluding carboxylic acids is 1. The van der Waals surface area contributed by atoms with Crippen LogP contribution in [0.4, 0.5) is 4.39 Å². The molecule has 2 aromatic carbocycles. The van der Waals surface area contributed by atoms with E-state index in [2.05, 4.69) is 4.99 Å². The number of amides is 1. The minimum atomic E-state index is -3.40. The second kappa shape index (κ2) is 7.51. The lowest BCUT2D eigenvalue weighted by molar-refractivity contribution is -0.117. The highest BCUT2D eigenvalue weighted by molar-refractivity contribution is 7.90. The molecule has 0 fully saturated rings. The van der Waals surface area contributed by atoms with E-state index in [1.165, 1.54) is 23.5 Å². The first-order valence-corrected chi connectivity index (χ1v) is 10.5. The van der Waals surface area contributed by atoms with Gasteiger partial charge < -0.3 is 4.57 Å². The molecule has 1 amide bonds. The van der Waals surface area contributed by atoms with Gasteiger partial charge in [-0.2, -0.15) is 4.99 Å². The summed E-state index contributed by atoms with van der Waals surface area (Å²) in [4.78, 5) is 16.5. The van der Waals surface area contributed by atoms with Gasteiger partial charge >= 0.3 is 0 Å². The molecule has 1 heterocycles. The van der Waals surface area contributed by atoms with Crippen molar-refractivity contribution in [3.63, 3.8) is 0 Å². The normalized spacial score (nSPS) is 12.6. The summed E-state index contributed by atoms with van der Waals surface area (Å²) in [6.45, 7) is 0. The second-order valence-electron chi connectivity index (χ2n) is 5.89. The minimum absolute atomic E-state index is 0.100. The van der Waals surface area contributed by atoms with Crippen molar-refractivity contribution in [2.24, 2.45) is 12.0 Å². The van der Waals surface area contributed by atoms with Gasteiger partial charge in [0.05, 0.1) is 21.7 Å². The SMILES string of the molecule is Cn1c(=NC(=O)CCS(=O)(=O)Cc2ccccc2)sc2cc(F)ccc21. The first-order chi connectivity index (χ1) is 12.3. The van der Waals surface area contributed by atoms with E-state index in [9.17, 15) is 17.6 Å². The van der Waals surface area contributed by atoms with E-state index in [1.54, 1.807) is 41.9 Å². The number of benzene rings is 2. The summed E-state index contributed by atoms with van der Waals surface area (Å²) in [5.41, 5.74) is 1.45. The van der Waals surface area contributed by atoms with Crippen molar-refractivity contribution in [3.8, 4) is 0 Å². The zero-order valence-electron chi connectivity index (χ0n) is 14.1. The average molecular weight is 392 g/mol. The third kappa shape index (κ3) is 4.44. The summed E-state index contributed by atoms with van der Waals surface area (Å²) < 4.78 is 40.0. The van der Waals surface area contributed by atoms with Gasteiger partial charge in [0.15, 0.2) is 14.6 Å². The largest absolute Gasteiger partial charge is 0.319 e. The smallest absolute Gasteiger partial charge is 0.249 e. The molecule has 0 unspecified atom stereocenters. The molecule has 3 aromatic rings. The van der Waals surface area contributed by atoms with Crippen molar-refractivity contribution in [2.45, 2.75) is 12.2 Å². The van der Waals surface area contributed by atoms with Crippen molar-refractivity contribution < 1.29 is 17.6 Å². The molecule has 8 heteroatoms. The Kier molecular flexibility index (Phi) is 5.33. The van der Waals surface area contributed by atoms with Gasteiger partial charge in [-0.3, -0.25) is 4.79 Å². The summed E-state index contributed by atoms with van der Waals surface area (Å²) in [6, 6.07) is 13.2. The summed E-state index contributed by atoms with van der Waals surface area (Å²) in [6.07, 6.45) is -0.183. The van der Waals surface area contributed by atoms with E-state index in [-0.39, 0.29) is 23.7 Å². The Morgan fingerprint density at radius 1 is 1.19 bits per heavy atom. The van der Waals surface area contributed by atoms with Gasteiger partial charge in [-0.25, -0.2) is 12.8 Å². The van der Waals surface area contributed by atoms with Crippen molar-refractivity contribution in [1.82, 2.24) is 4.57 Å². The maximum absolute atomic E-state index is 13.3. The number of hydrogen-bond acceptors (Lipinski definition) is 4. The summed E-state index contributed by atoms with van der Waals surface area (Å²) >= 11 is 1.19. The molecular weight excluding hydrogens is 375 g/mol. The summed E-state index contributed by atoms with van der Waals surface area (Å²) in [5.74, 6) is -1.22. The Morgan fingerprint density at radius 3 is 2.65 bits per heavy atom. The highest BCUT2D eigenvalue weighted by atomic mass is 32.2. The molecule has 0 bridgehead atoms. The number of aromatic nitrogens is 1. The maximum Gasteiger partial charge on any atom is 0.249 e. The summed E-state index contributed by atoms with van der Waals surface area (Å²) in [5, 5.41) is 0. The van der Waals surface area contributed by atoms with Crippen molar-refractivity contribution in [2.75, 3.05) is 5.75 Å². The molecule has 0 spiro atoms. The van der Waals surface area contributed by atoms with Crippen LogP contribution in [0.2, 0.25) is 0 Å². The van der Waals surface area contributed by atoms with Crippen LogP contribution in [0.1, 0.15) is 12.0 Å². The predicted molar refractivity (Wildman–Crippen MR) is 99.9 cm³/mol. The van der Waals surface area contributed by atoms with Crippen LogP contribution in [0.5, 0.6) is 0 Å². The lowest BCUT2D eigenvalue weighted by Gasteiger charge is -2.02. The molecule has 3 rings (SSSR count). The van der Waals surface area contributed by atoms with Gasteiger partial charge in [-0.15, -0.1) is 0 Å². The molecule has 0 aliphatic carbocycles. The van der Waals surface area contributed by atoms with Gasteiger partial charge in [-0.1, -0.05) is 41.7 Å². The molecule has 26 heavy (non-hydrogen) atoms. The lowest BCUT2D eigenvalue weighted by atomic mass is 10.2. The van der Waals surface area contributed by atoms with Crippen LogP contribution in [0.3, 0.4) is 0 Å². The Hall–Kier alpha value is -2.32. The summed E-state index contributed by atoms with van der Waals surface area (Å²) in [7, 11) is -1.67. The van der Waals surface area contributed by atoms with Gasteiger partial charge in [-0.05, 0) is 23.8 Å². The first-order valence-electron chi connectivity index (χ1n) is 7.91. The molecule has 0 saturated heterocycles. The maximum atomic E-state index is 13.3. The fraction of sp³-hybridized carbons (Fsp3) is 0.222. The van der Waals surface area contributed by atoms with E-state index >= 15 is 0 Å². The number of carbonyl (C=O) groups is 1. The number of nitrogens with zero attached hydrogens (tertiary/aromatic N) is 2. The van der Waals surface area contributed by atoms with Gasteiger partial charge in [0.1, 0.15) is 5.82 Å². The third-order valence-electron chi connectivity index (χ3n) is 3.85. The minimum Gasteiger partial charge on any atom is -0.319 e. The van der Waals surface area contributed by atoms with E-state index < -0.39 is 15.7 Å². The van der Waals surface area contributed by atoms with Crippen LogP contribution in [0.25, 0.3) is 10.2 Å². The Balaban J connectivity index is 1.72. The number of aryl methyl sites for hydroxylation is 1. The van der Waals surface area contributed by atoms with Crippen LogP contribution in [-0.4, -0.2) is 24.6 Å². The average Bonchev–Trinajstić information content (AvgIpc) is 2.89. The molecule has 0 radical (unpaired) electrons. The predicted octanol–water partition coefficient (Wildman–Crippen LogP) is 2.81. The Morgan fingerprint density at radius 2 is 1.92 bits per heavy atom. The van der Waals surface area contributed by atoms with E-state index in [4.69, 9.17) is 0 Å². The van der Waals surface area contributed by atoms with Crippen LogP contribution in [-0.2, 0) is 27.4 Å². The molecule has 0 atom stereocenters. The van der Waals surface area contributed by atoms with Gasteiger partial charge in [0.25, 0.3) is 0 Å². The van der Waals surface area contributed by atoms with E-state index in [1.807, 2.05) is 6.07 Å². The molecule has 0 aliphatic rings. The molecule has 0 N–H and O–H groups in total. The van der Waals surface area contributed by atoms with E-state index in [0.29, 0.717) is 15.1 Å². The molecule has 136 valence electrons. The lowest BCUT2D eigenvalue weighted by Crippen LogP contribution is -2.16. The highest BCUT2D eigenvalue weighted by Crippen LogP contribution is 2.17. The Labute approximate surface area is 154 Å². The highest BCUT2D eigenvalue weighted by Gasteiger charge is 2.14. The van der Waals surface area contributed by atoms with Crippen LogP contribution in [0.15, 0.2) is 53.5 Å². The molecule has 0 saturated carbocycles. The zero-order chi connectivity index (χ0) is 18.7. The van der Waals surface area contributed by atoms with Gasteiger partial charge in [0, 0.05) is 13.5 Å². The molecule has 1 aromatic heterocycles. The van der Waals surface area contributed by atoms with Crippen molar-refractivity contribution in [3.05, 3.63) is 64.7 Å². The number of fused-ring (bicyclic) bond motifs is 1. The number of thiazole rings is 1. The third-order valence-corrected chi connectivity index (χ3v) is 6.54. The second-order valence-corrected chi connectivity index (χ2v) is 9.08. The van der Waals surface area contributed by atoms with Crippen LogP contribution < -0.4 is 4.80 Å². The number of hydrogen-bond donors (Lipinski definition) is 0. The van der Waals surface area contributed by atoms with Gasteiger partial charge in [0.2, 0.25) is 5.91 Å². The molecule has 0 aliphatic heterocycles.